The molecule has 0 atom stereocenters. The van der Waals surface area contributed by atoms with Crippen LogP contribution in [0.3, 0.4) is 0 Å². The van der Waals surface area contributed by atoms with Gasteiger partial charge < -0.3 is 0 Å². The largest absolute Gasteiger partial charge is 0.103 e. The van der Waals surface area contributed by atoms with E-state index in [-0.39, 0.29) is 0 Å². The third-order valence-electron chi connectivity index (χ3n) is 6.08. The minimum atomic E-state index is 0.770. The van der Waals surface area contributed by atoms with Gasteiger partial charge in [-0.1, -0.05) is 74.4 Å². The molecule has 2 aromatic carbocycles. The molecular formula is C26H34. The average Bonchev–Trinajstić information content (AvgIpc) is 2.70. The van der Waals surface area contributed by atoms with Crippen molar-refractivity contribution in [3.8, 4) is 11.1 Å². The second kappa shape index (κ2) is 9.76. The Kier molecular flexibility index (Phi) is 7.12. The highest BCUT2D eigenvalue weighted by atomic mass is 14.3. The normalized spacial score (nSPS) is 20.0. The summed E-state index contributed by atoms with van der Waals surface area (Å²) in [7, 11) is 0. The summed E-state index contributed by atoms with van der Waals surface area (Å²) >= 11 is 0. The Balaban J connectivity index is 1.55. The molecule has 0 spiro atoms. The van der Waals surface area contributed by atoms with E-state index in [1.807, 2.05) is 0 Å². The van der Waals surface area contributed by atoms with Gasteiger partial charge in [0.15, 0.2) is 0 Å². The van der Waals surface area contributed by atoms with Crippen molar-refractivity contribution >= 4 is 0 Å². The molecule has 0 aliphatic heterocycles. The Labute approximate surface area is 160 Å². The van der Waals surface area contributed by atoms with E-state index in [1.54, 1.807) is 5.56 Å². The van der Waals surface area contributed by atoms with Gasteiger partial charge in [0, 0.05) is 0 Å². The number of benzene rings is 2. The lowest BCUT2D eigenvalue weighted by atomic mass is 9.77. The molecule has 0 nitrogen and oxygen atoms in total. The molecule has 0 radical (unpaired) electrons. The number of hydrogen-bond donors (Lipinski definition) is 0. The summed E-state index contributed by atoms with van der Waals surface area (Å²) in [5, 5.41) is 0. The van der Waals surface area contributed by atoms with Crippen LogP contribution in [0.2, 0.25) is 0 Å². The third-order valence-corrected chi connectivity index (χ3v) is 6.08. The molecule has 138 valence electrons. The molecule has 2 aromatic rings. The fourth-order valence-corrected chi connectivity index (χ4v) is 4.44. The standard InChI is InChI=1S/C26H34/c1-3-5-6-8-22-11-15-24(16-12-22)26-19-17-25(18-20-26)23-13-9-21(7-4-2)10-14-23/h3,9-10,13-14,17-20,22,24H,1,4-8,11-12,15-16H2,2H3. The molecule has 0 N–H and O–H groups in total. The SMILES string of the molecule is C=CCCCC1CCC(c2ccc(-c3ccc(CCC)cc3)cc2)CC1. The van der Waals surface area contributed by atoms with Crippen LogP contribution in [0.1, 0.15) is 75.3 Å². The van der Waals surface area contributed by atoms with Crippen LogP contribution in [0.4, 0.5) is 0 Å². The molecule has 0 amide bonds. The molecule has 1 aliphatic rings. The van der Waals surface area contributed by atoms with Gasteiger partial charge in [0.1, 0.15) is 0 Å². The lowest BCUT2D eigenvalue weighted by Gasteiger charge is -2.29. The van der Waals surface area contributed by atoms with Crippen LogP contribution >= 0.6 is 0 Å². The summed E-state index contributed by atoms with van der Waals surface area (Å²) in [6.45, 7) is 6.07. The van der Waals surface area contributed by atoms with Gasteiger partial charge in [-0.05, 0) is 79.0 Å². The van der Waals surface area contributed by atoms with Gasteiger partial charge in [-0.15, -0.1) is 6.58 Å². The summed E-state index contributed by atoms with van der Waals surface area (Å²) in [5.74, 6) is 1.72. The minimum Gasteiger partial charge on any atom is -0.103 e. The minimum absolute atomic E-state index is 0.770. The Morgan fingerprint density at radius 3 is 2.08 bits per heavy atom. The highest BCUT2D eigenvalue weighted by Crippen LogP contribution is 2.38. The van der Waals surface area contributed by atoms with Gasteiger partial charge in [-0.2, -0.15) is 0 Å². The summed E-state index contributed by atoms with van der Waals surface area (Å²) in [6, 6.07) is 18.5. The van der Waals surface area contributed by atoms with E-state index in [1.165, 1.54) is 74.5 Å². The van der Waals surface area contributed by atoms with E-state index < -0.39 is 0 Å². The van der Waals surface area contributed by atoms with Crippen LogP contribution < -0.4 is 0 Å². The zero-order chi connectivity index (χ0) is 18.2. The molecule has 0 unspecified atom stereocenters. The molecule has 3 rings (SSSR count). The Bertz CT molecular complexity index is 654. The summed E-state index contributed by atoms with van der Waals surface area (Å²) in [5.41, 5.74) is 5.66. The lowest BCUT2D eigenvalue weighted by Crippen LogP contribution is -2.13. The number of aryl methyl sites for hydroxylation is 1. The lowest BCUT2D eigenvalue weighted by molar-refractivity contribution is 0.306. The average molecular weight is 347 g/mol. The van der Waals surface area contributed by atoms with Gasteiger partial charge in [0.05, 0.1) is 0 Å². The molecule has 0 aromatic heterocycles. The molecule has 1 fully saturated rings. The summed E-state index contributed by atoms with van der Waals surface area (Å²) in [4.78, 5) is 0. The van der Waals surface area contributed by atoms with Gasteiger partial charge in [0.25, 0.3) is 0 Å². The smallest absolute Gasteiger partial charge is 0.0162 e. The van der Waals surface area contributed by atoms with Crippen LogP contribution in [0, 0.1) is 5.92 Å². The van der Waals surface area contributed by atoms with Crippen molar-refractivity contribution in [1.82, 2.24) is 0 Å². The van der Waals surface area contributed by atoms with E-state index in [4.69, 9.17) is 0 Å². The van der Waals surface area contributed by atoms with Crippen LogP contribution in [-0.2, 0) is 6.42 Å². The summed E-state index contributed by atoms with van der Waals surface area (Å²) < 4.78 is 0. The van der Waals surface area contributed by atoms with Crippen molar-refractivity contribution in [1.29, 1.82) is 0 Å². The Hall–Kier alpha value is -1.82. The number of hydrogen-bond acceptors (Lipinski definition) is 0. The van der Waals surface area contributed by atoms with Crippen LogP contribution in [0.5, 0.6) is 0 Å². The van der Waals surface area contributed by atoms with Crippen molar-refractivity contribution in [2.24, 2.45) is 5.92 Å². The number of rotatable bonds is 8. The van der Waals surface area contributed by atoms with Crippen molar-refractivity contribution in [3.05, 3.63) is 72.3 Å². The maximum atomic E-state index is 3.84. The van der Waals surface area contributed by atoms with Crippen molar-refractivity contribution in [2.75, 3.05) is 0 Å². The van der Waals surface area contributed by atoms with E-state index >= 15 is 0 Å². The second-order valence-corrected chi connectivity index (χ2v) is 8.01. The maximum absolute atomic E-state index is 3.84. The molecular weight excluding hydrogens is 312 g/mol. The van der Waals surface area contributed by atoms with Crippen LogP contribution in [0.25, 0.3) is 11.1 Å². The molecule has 0 saturated heterocycles. The van der Waals surface area contributed by atoms with E-state index in [0.717, 1.165) is 11.8 Å². The first-order valence-electron chi connectivity index (χ1n) is 10.6. The first-order valence-corrected chi connectivity index (χ1v) is 10.6. The predicted molar refractivity (Wildman–Crippen MR) is 115 cm³/mol. The summed E-state index contributed by atoms with van der Waals surface area (Å²) in [6.07, 6.45) is 13.9. The van der Waals surface area contributed by atoms with Gasteiger partial charge in [-0.3, -0.25) is 0 Å². The van der Waals surface area contributed by atoms with E-state index in [9.17, 15) is 0 Å². The zero-order valence-corrected chi connectivity index (χ0v) is 16.4. The monoisotopic (exact) mass is 346 g/mol. The molecule has 1 saturated carbocycles. The van der Waals surface area contributed by atoms with Crippen molar-refractivity contribution < 1.29 is 0 Å². The Morgan fingerprint density at radius 2 is 1.50 bits per heavy atom. The third kappa shape index (κ3) is 5.10. The van der Waals surface area contributed by atoms with Crippen LogP contribution in [0.15, 0.2) is 61.2 Å². The van der Waals surface area contributed by atoms with Gasteiger partial charge in [0.2, 0.25) is 0 Å². The molecule has 0 heterocycles. The number of allylic oxidation sites excluding steroid dienone is 1. The first-order chi connectivity index (χ1) is 12.8. The molecule has 26 heavy (non-hydrogen) atoms. The van der Waals surface area contributed by atoms with Gasteiger partial charge in [-0.25, -0.2) is 0 Å². The van der Waals surface area contributed by atoms with E-state index in [2.05, 4.69) is 68.1 Å². The topological polar surface area (TPSA) is 0 Å². The maximum Gasteiger partial charge on any atom is -0.0162 e. The second-order valence-electron chi connectivity index (χ2n) is 8.01. The van der Waals surface area contributed by atoms with Crippen LogP contribution in [-0.4, -0.2) is 0 Å². The molecule has 1 aliphatic carbocycles. The van der Waals surface area contributed by atoms with Crippen molar-refractivity contribution in [3.63, 3.8) is 0 Å². The molecule has 0 heteroatoms. The van der Waals surface area contributed by atoms with Crippen molar-refractivity contribution in [2.45, 2.75) is 70.6 Å². The zero-order valence-electron chi connectivity index (χ0n) is 16.4. The highest BCUT2D eigenvalue weighted by molar-refractivity contribution is 5.64. The van der Waals surface area contributed by atoms with E-state index in [0.29, 0.717) is 0 Å². The fraction of sp³-hybridized carbons (Fsp3) is 0.462. The van der Waals surface area contributed by atoms with Gasteiger partial charge >= 0.3 is 0 Å². The predicted octanol–water partition coefficient (Wildman–Crippen LogP) is 7.94. The quantitative estimate of drug-likeness (QED) is 0.336. The first kappa shape index (κ1) is 19.0. The molecule has 0 bridgehead atoms. The highest BCUT2D eigenvalue weighted by Gasteiger charge is 2.21. The Morgan fingerprint density at radius 1 is 0.885 bits per heavy atom. The fourth-order valence-electron chi connectivity index (χ4n) is 4.44. The number of unbranched alkanes of at least 4 members (excludes halogenated alkanes) is 1.